The van der Waals surface area contributed by atoms with E-state index in [9.17, 15) is 9.59 Å². The van der Waals surface area contributed by atoms with Gasteiger partial charge in [-0.2, -0.15) is 0 Å². The molecule has 4 rings (SSSR count). The second kappa shape index (κ2) is 7.52. The van der Waals surface area contributed by atoms with Crippen molar-refractivity contribution in [1.29, 1.82) is 0 Å². The third-order valence-corrected chi connectivity index (χ3v) is 5.40. The van der Waals surface area contributed by atoms with E-state index in [-0.39, 0.29) is 17.7 Å². The first kappa shape index (κ1) is 17.7. The molecular formula is C19H20ClN5O2. The lowest BCUT2D eigenvalue weighted by atomic mass is 9.97. The van der Waals surface area contributed by atoms with Crippen LogP contribution < -0.4 is 4.90 Å². The Balaban J connectivity index is 1.28. The molecule has 0 atom stereocenters. The molecule has 0 bridgehead atoms. The van der Waals surface area contributed by atoms with Gasteiger partial charge in [0.15, 0.2) is 0 Å². The number of anilines is 1. The molecular weight excluding hydrogens is 366 g/mol. The van der Waals surface area contributed by atoms with Gasteiger partial charge in [0.05, 0.1) is 22.8 Å². The lowest BCUT2D eigenvalue weighted by Crippen LogP contribution is -2.59. The summed E-state index contributed by atoms with van der Waals surface area (Å²) in [5.41, 5.74) is 1.33. The third kappa shape index (κ3) is 3.60. The Labute approximate surface area is 162 Å². The summed E-state index contributed by atoms with van der Waals surface area (Å²) in [6.07, 6.45) is 4.47. The minimum atomic E-state index is -0.171. The van der Waals surface area contributed by atoms with Gasteiger partial charge >= 0.3 is 0 Å². The summed E-state index contributed by atoms with van der Waals surface area (Å²) in [7, 11) is 0. The summed E-state index contributed by atoms with van der Waals surface area (Å²) < 4.78 is 0. The standard InChI is InChI=1S/C19H20ClN5O2/c20-15-3-1-2-4-17(15)23-7-9-24(10-8-23)18(26)14-12-25(13-14)19(27)16-11-21-5-6-22-16/h1-6,11,14H,7-10,12-13H2. The van der Waals surface area contributed by atoms with Gasteiger partial charge < -0.3 is 14.7 Å². The van der Waals surface area contributed by atoms with Gasteiger partial charge in [0, 0.05) is 51.7 Å². The van der Waals surface area contributed by atoms with Crippen molar-refractivity contribution in [1.82, 2.24) is 19.8 Å². The number of rotatable bonds is 3. The molecule has 2 saturated heterocycles. The molecule has 2 aromatic rings. The Kier molecular flexibility index (Phi) is 4.94. The minimum absolute atomic E-state index is 0.122. The monoisotopic (exact) mass is 385 g/mol. The predicted molar refractivity (Wildman–Crippen MR) is 102 cm³/mol. The first-order valence-corrected chi connectivity index (χ1v) is 9.35. The first-order valence-electron chi connectivity index (χ1n) is 8.97. The van der Waals surface area contributed by atoms with Crippen LogP contribution in [0.1, 0.15) is 10.5 Å². The second-order valence-electron chi connectivity index (χ2n) is 6.76. The number of aromatic nitrogens is 2. The lowest BCUT2D eigenvalue weighted by molar-refractivity contribution is -0.140. The van der Waals surface area contributed by atoms with Crippen LogP contribution in [0.2, 0.25) is 5.02 Å². The number of halogens is 1. The zero-order valence-electron chi connectivity index (χ0n) is 14.8. The lowest BCUT2D eigenvalue weighted by Gasteiger charge is -2.43. The van der Waals surface area contributed by atoms with Crippen LogP contribution in [0, 0.1) is 5.92 Å². The molecule has 1 aromatic carbocycles. The van der Waals surface area contributed by atoms with Gasteiger partial charge in [-0.1, -0.05) is 23.7 Å². The number of para-hydroxylation sites is 1. The van der Waals surface area contributed by atoms with E-state index in [1.54, 1.807) is 4.90 Å². The van der Waals surface area contributed by atoms with Crippen LogP contribution in [0.15, 0.2) is 42.9 Å². The van der Waals surface area contributed by atoms with Gasteiger partial charge in [-0.25, -0.2) is 4.98 Å². The fourth-order valence-corrected chi connectivity index (χ4v) is 3.76. The number of hydrogen-bond donors (Lipinski definition) is 0. The Hall–Kier alpha value is -2.67. The van der Waals surface area contributed by atoms with Crippen molar-refractivity contribution in [3.8, 4) is 0 Å². The maximum atomic E-state index is 12.7. The normalized spacial score (nSPS) is 17.6. The minimum Gasteiger partial charge on any atom is -0.367 e. The average molecular weight is 386 g/mol. The third-order valence-electron chi connectivity index (χ3n) is 5.08. The fraction of sp³-hybridized carbons (Fsp3) is 0.368. The Morgan fingerprint density at radius 2 is 1.74 bits per heavy atom. The van der Waals surface area contributed by atoms with Gasteiger partial charge in [-0.15, -0.1) is 0 Å². The zero-order valence-corrected chi connectivity index (χ0v) is 15.5. The second-order valence-corrected chi connectivity index (χ2v) is 7.17. The summed E-state index contributed by atoms with van der Waals surface area (Å²) in [5, 5.41) is 0.731. The highest BCUT2D eigenvalue weighted by atomic mass is 35.5. The topological polar surface area (TPSA) is 69.6 Å². The first-order chi connectivity index (χ1) is 13.1. The molecule has 8 heteroatoms. The number of carbonyl (C=O) groups is 2. The molecule has 140 valence electrons. The zero-order chi connectivity index (χ0) is 18.8. The van der Waals surface area contributed by atoms with Crippen LogP contribution in [0.25, 0.3) is 0 Å². The van der Waals surface area contributed by atoms with E-state index in [2.05, 4.69) is 14.9 Å². The quantitative estimate of drug-likeness (QED) is 0.801. The number of carbonyl (C=O) groups excluding carboxylic acids is 2. The molecule has 2 aliphatic heterocycles. The molecule has 2 amide bonds. The molecule has 0 aliphatic carbocycles. The van der Waals surface area contributed by atoms with E-state index in [4.69, 9.17) is 11.6 Å². The number of likely N-dealkylation sites (tertiary alicyclic amines) is 1. The van der Waals surface area contributed by atoms with Crippen molar-refractivity contribution in [2.45, 2.75) is 0 Å². The van der Waals surface area contributed by atoms with Crippen LogP contribution in [0.3, 0.4) is 0 Å². The van der Waals surface area contributed by atoms with Crippen molar-refractivity contribution in [2.75, 3.05) is 44.2 Å². The van der Waals surface area contributed by atoms with E-state index in [1.165, 1.54) is 18.6 Å². The Morgan fingerprint density at radius 3 is 2.41 bits per heavy atom. The Bertz CT molecular complexity index is 833. The molecule has 7 nitrogen and oxygen atoms in total. The molecule has 0 saturated carbocycles. The summed E-state index contributed by atoms with van der Waals surface area (Å²) in [4.78, 5) is 38.7. The van der Waals surface area contributed by atoms with E-state index < -0.39 is 0 Å². The molecule has 0 N–H and O–H groups in total. The molecule has 3 heterocycles. The average Bonchev–Trinajstić information content (AvgIpc) is 2.68. The molecule has 0 unspecified atom stereocenters. The maximum Gasteiger partial charge on any atom is 0.274 e. The van der Waals surface area contributed by atoms with E-state index in [0.29, 0.717) is 31.9 Å². The van der Waals surface area contributed by atoms with Gasteiger partial charge in [-0.05, 0) is 12.1 Å². The van der Waals surface area contributed by atoms with Crippen molar-refractivity contribution in [2.24, 2.45) is 5.92 Å². The van der Waals surface area contributed by atoms with Crippen LogP contribution in [-0.4, -0.2) is 70.9 Å². The molecule has 1 aromatic heterocycles. The van der Waals surface area contributed by atoms with E-state index in [1.807, 2.05) is 29.2 Å². The highest BCUT2D eigenvalue weighted by Gasteiger charge is 2.39. The van der Waals surface area contributed by atoms with E-state index >= 15 is 0 Å². The van der Waals surface area contributed by atoms with Crippen LogP contribution >= 0.6 is 11.6 Å². The van der Waals surface area contributed by atoms with Crippen LogP contribution in [0.5, 0.6) is 0 Å². The molecule has 27 heavy (non-hydrogen) atoms. The number of amides is 2. The summed E-state index contributed by atoms with van der Waals surface area (Å²) in [6.45, 7) is 3.73. The van der Waals surface area contributed by atoms with Crippen LogP contribution in [-0.2, 0) is 4.79 Å². The maximum absolute atomic E-state index is 12.7. The molecule has 0 radical (unpaired) electrons. The molecule has 2 aliphatic rings. The van der Waals surface area contributed by atoms with Crippen molar-refractivity contribution >= 4 is 29.1 Å². The number of piperazine rings is 1. The van der Waals surface area contributed by atoms with Gasteiger partial charge in [0.1, 0.15) is 5.69 Å². The largest absolute Gasteiger partial charge is 0.367 e. The van der Waals surface area contributed by atoms with Gasteiger partial charge in [-0.3, -0.25) is 14.6 Å². The van der Waals surface area contributed by atoms with Crippen molar-refractivity contribution < 1.29 is 9.59 Å². The van der Waals surface area contributed by atoms with Gasteiger partial charge in [0.2, 0.25) is 5.91 Å². The Morgan fingerprint density at radius 1 is 1.00 bits per heavy atom. The number of nitrogens with zero attached hydrogens (tertiary/aromatic N) is 5. The molecule has 2 fully saturated rings. The van der Waals surface area contributed by atoms with Crippen molar-refractivity contribution in [3.63, 3.8) is 0 Å². The smallest absolute Gasteiger partial charge is 0.274 e. The summed E-state index contributed by atoms with van der Waals surface area (Å²) in [6, 6.07) is 7.76. The summed E-state index contributed by atoms with van der Waals surface area (Å²) >= 11 is 6.27. The highest BCUT2D eigenvalue weighted by molar-refractivity contribution is 6.33. The summed E-state index contributed by atoms with van der Waals surface area (Å²) in [5.74, 6) is -0.176. The SMILES string of the molecule is O=C(c1cnccn1)N1CC(C(=O)N2CCN(c3ccccc3Cl)CC2)C1. The number of benzene rings is 1. The number of hydrogen-bond acceptors (Lipinski definition) is 5. The fourth-order valence-electron chi connectivity index (χ4n) is 3.51. The highest BCUT2D eigenvalue weighted by Crippen LogP contribution is 2.27. The van der Waals surface area contributed by atoms with Gasteiger partial charge in [0.25, 0.3) is 5.91 Å². The predicted octanol–water partition coefficient (Wildman–Crippen LogP) is 1.55. The van der Waals surface area contributed by atoms with Crippen LogP contribution in [0.4, 0.5) is 5.69 Å². The molecule has 0 spiro atoms. The van der Waals surface area contributed by atoms with Crippen molar-refractivity contribution in [3.05, 3.63) is 53.6 Å². The van der Waals surface area contributed by atoms with E-state index in [0.717, 1.165) is 23.8 Å².